The van der Waals surface area contributed by atoms with Crippen molar-refractivity contribution < 1.29 is 0 Å². The molecule has 0 atom stereocenters. The Morgan fingerprint density at radius 1 is 0.338 bits per heavy atom. The number of rotatable bonds is 3. The van der Waals surface area contributed by atoms with Crippen LogP contribution in [0.25, 0.3) is 49.3 Å². The molecule has 0 amide bonds. The van der Waals surface area contributed by atoms with Gasteiger partial charge in [0.2, 0.25) is 0 Å². The summed E-state index contributed by atoms with van der Waals surface area (Å²) in [7, 11) is 2.29. The minimum atomic E-state index is -0.0844. The largest absolute Gasteiger partial charge is 0.342 e. The number of aromatic nitrogens is 2. The average molecular weight is 969 g/mol. The van der Waals surface area contributed by atoms with Gasteiger partial charge in [-0.1, -0.05) is 183 Å². The molecule has 0 N–H and O–H groups in total. The molecule has 0 saturated carbocycles. The van der Waals surface area contributed by atoms with Crippen molar-refractivity contribution in [3.05, 3.63) is 179 Å². The molecule has 4 heterocycles. The Labute approximate surface area is 440 Å². The quantitative estimate of drug-likeness (QED) is 0.164. The Morgan fingerprint density at radius 3 is 1.32 bits per heavy atom. The minimum absolute atomic E-state index is 0.00584. The molecule has 2 aliphatic rings. The summed E-state index contributed by atoms with van der Waals surface area (Å²) in [4.78, 5) is 5.20. The van der Waals surface area contributed by atoms with Gasteiger partial charge in [-0.3, -0.25) is 0 Å². The molecule has 0 unspecified atom stereocenters. The number of hydrogen-bond donors (Lipinski definition) is 0. The van der Waals surface area contributed by atoms with Crippen LogP contribution in [0.1, 0.15) is 132 Å². The predicted molar refractivity (Wildman–Crippen MR) is 322 cm³/mol. The van der Waals surface area contributed by atoms with Crippen LogP contribution in [0, 0.1) is 0 Å². The fraction of sp³-hybridized carbons (Fsp3) is 0.304. The van der Waals surface area contributed by atoms with E-state index in [9.17, 15) is 0 Å². The van der Waals surface area contributed by atoms with Gasteiger partial charge in [-0.15, -0.1) is 0 Å². The van der Waals surface area contributed by atoms with Crippen LogP contribution >= 0.6 is 0 Å². The highest BCUT2D eigenvalue weighted by molar-refractivity contribution is 7.00. The first-order chi connectivity index (χ1) is 34.8. The lowest BCUT2D eigenvalue weighted by atomic mass is 9.33. The van der Waals surface area contributed by atoms with Crippen molar-refractivity contribution in [2.45, 2.75) is 131 Å². The van der Waals surface area contributed by atoms with E-state index in [1.807, 2.05) is 0 Å². The summed E-state index contributed by atoms with van der Waals surface area (Å²) in [6.07, 6.45) is 0. The number of anilines is 6. The van der Waals surface area contributed by atoms with Crippen molar-refractivity contribution in [2.75, 3.05) is 9.80 Å². The molecule has 0 saturated heterocycles. The van der Waals surface area contributed by atoms with Gasteiger partial charge in [-0.2, -0.15) is 0 Å². The normalized spacial score (nSPS) is 14.1. The third kappa shape index (κ3) is 7.30. The van der Waals surface area contributed by atoms with Gasteiger partial charge in [-0.05, 0) is 144 Å². The van der Waals surface area contributed by atoms with E-state index in [1.54, 1.807) is 0 Å². The smallest absolute Gasteiger partial charge is 0.252 e. The van der Waals surface area contributed by atoms with E-state index in [1.165, 1.54) is 122 Å². The molecule has 0 aliphatic carbocycles. The zero-order valence-electron chi connectivity index (χ0n) is 46.8. The number of fused-ring (bicyclic) bond motifs is 10. The second-order valence-corrected chi connectivity index (χ2v) is 26.9. The van der Waals surface area contributed by atoms with Crippen molar-refractivity contribution >= 4 is 101 Å². The maximum absolute atomic E-state index is 2.66. The second kappa shape index (κ2) is 16.0. The van der Waals surface area contributed by atoms with Crippen molar-refractivity contribution in [1.82, 2.24) is 9.13 Å². The maximum Gasteiger partial charge on any atom is 0.252 e. The molecule has 2 aromatic heterocycles. The van der Waals surface area contributed by atoms with E-state index in [-0.39, 0.29) is 33.8 Å². The third-order valence-electron chi connectivity index (χ3n) is 16.7. The van der Waals surface area contributed by atoms with Crippen molar-refractivity contribution in [2.24, 2.45) is 7.05 Å². The van der Waals surface area contributed by atoms with Crippen molar-refractivity contribution in [1.29, 1.82) is 0 Å². The van der Waals surface area contributed by atoms with Crippen LogP contribution in [0.15, 0.2) is 152 Å². The van der Waals surface area contributed by atoms with Crippen molar-refractivity contribution in [3.63, 3.8) is 0 Å². The fourth-order valence-corrected chi connectivity index (χ4v) is 12.4. The molecule has 10 aromatic rings. The average Bonchev–Trinajstić information content (AvgIpc) is 3.82. The lowest BCUT2D eigenvalue weighted by Crippen LogP contribution is -2.61. The van der Waals surface area contributed by atoms with Crippen LogP contribution in [0.2, 0.25) is 0 Å². The summed E-state index contributed by atoms with van der Waals surface area (Å²) in [5, 5.41) is 5.10. The molecule has 8 aromatic carbocycles. The standard InChI is InChI=1S/C69H73BN4/c1-65(2,3)42-24-31-47(32-25-42)72-58-37-30-46(69(13,14)15)40-53(58)70-54-41-52-49-20-17-18-21-55(49)71(16)62(52)64(63(54)73(60-23-19-22-59(72)61(60)70)48-33-26-43(27-34-48)66(4,5)6)74-56-35-28-44(67(7,8)9)38-50(56)51-39-45(68(10,11)12)29-36-57(51)74/h17-41H,1-16H3. The van der Waals surface area contributed by atoms with Crippen LogP contribution < -0.4 is 26.2 Å². The Kier molecular flexibility index (Phi) is 10.4. The predicted octanol–water partition coefficient (Wildman–Crippen LogP) is 17.0. The highest BCUT2D eigenvalue weighted by atomic mass is 15.2. The van der Waals surface area contributed by atoms with Gasteiger partial charge in [0.1, 0.15) is 0 Å². The fourth-order valence-electron chi connectivity index (χ4n) is 12.4. The molecule has 0 bridgehead atoms. The molecular weight excluding hydrogens is 896 g/mol. The van der Waals surface area contributed by atoms with Gasteiger partial charge in [0.25, 0.3) is 6.71 Å². The Bertz CT molecular complexity index is 3850. The maximum atomic E-state index is 2.66. The first-order valence-corrected chi connectivity index (χ1v) is 27.0. The minimum Gasteiger partial charge on any atom is -0.342 e. The van der Waals surface area contributed by atoms with Gasteiger partial charge < -0.3 is 18.9 Å². The first kappa shape index (κ1) is 48.0. The van der Waals surface area contributed by atoms with E-state index in [0.717, 1.165) is 5.69 Å². The highest BCUT2D eigenvalue weighted by Gasteiger charge is 2.46. The van der Waals surface area contributed by atoms with E-state index >= 15 is 0 Å². The topological polar surface area (TPSA) is 16.3 Å². The number of aryl methyl sites for hydroxylation is 1. The zero-order valence-corrected chi connectivity index (χ0v) is 46.8. The SMILES string of the molecule is Cn1c2ccccc2c2cc3c(c(-n4c5ccc(C(C)(C)C)cc5c5cc(C(C)(C)C)ccc54)c21)N(c1ccc(C(C)(C)C)cc1)c1cccc2c1B3c1cc(C(C)(C)C)ccc1N2c1ccc(C(C)(C)C)cc1. The summed E-state index contributed by atoms with van der Waals surface area (Å²) < 4.78 is 5.14. The number of benzene rings is 8. The monoisotopic (exact) mass is 969 g/mol. The summed E-state index contributed by atoms with van der Waals surface area (Å²) in [5.41, 5.74) is 23.8. The summed E-state index contributed by atoms with van der Waals surface area (Å²) in [5.74, 6) is 0. The van der Waals surface area contributed by atoms with Crippen LogP contribution in [0.3, 0.4) is 0 Å². The van der Waals surface area contributed by atoms with Gasteiger partial charge in [0, 0.05) is 62.5 Å². The number of para-hydroxylation sites is 1. The number of hydrogen-bond acceptors (Lipinski definition) is 2. The first-order valence-electron chi connectivity index (χ1n) is 27.0. The molecule has 372 valence electrons. The van der Waals surface area contributed by atoms with Crippen LogP contribution in [0.4, 0.5) is 34.1 Å². The Balaban J connectivity index is 1.29. The van der Waals surface area contributed by atoms with E-state index < -0.39 is 0 Å². The zero-order chi connectivity index (χ0) is 52.3. The summed E-state index contributed by atoms with van der Waals surface area (Å²) >= 11 is 0. The number of nitrogens with zero attached hydrogens (tertiary/aromatic N) is 4. The van der Waals surface area contributed by atoms with Crippen LogP contribution in [0.5, 0.6) is 0 Å². The highest BCUT2D eigenvalue weighted by Crippen LogP contribution is 2.51. The molecule has 4 nitrogen and oxygen atoms in total. The third-order valence-corrected chi connectivity index (χ3v) is 16.7. The lowest BCUT2D eigenvalue weighted by Gasteiger charge is -2.45. The van der Waals surface area contributed by atoms with E-state index in [2.05, 4.69) is 281 Å². The molecular formula is C69H73BN4. The molecule has 12 rings (SSSR count). The molecule has 74 heavy (non-hydrogen) atoms. The molecule has 5 heteroatoms. The lowest BCUT2D eigenvalue weighted by molar-refractivity contribution is 0.590. The molecule has 2 aliphatic heterocycles. The van der Waals surface area contributed by atoms with E-state index in [4.69, 9.17) is 0 Å². The Hall–Kier alpha value is -6.98. The van der Waals surface area contributed by atoms with Crippen molar-refractivity contribution in [3.8, 4) is 5.69 Å². The van der Waals surface area contributed by atoms with Crippen LogP contribution in [-0.2, 0) is 34.1 Å². The van der Waals surface area contributed by atoms with Gasteiger partial charge in [0.15, 0.2) is 0 Å². The molecule has 0 fully saturated rings. The Morgan fingerprint density at radius 2 is 0.797 bits per heavy atom. The molecule has 0 spiro atoms. The summed E-state index contributed by atoms with van der Waals surface area (Å²) in [6, 6.07) is 59.5. The van der Waals surface area contributed by atoms with Gasteiger partial charge in [0.05, 0.1) is 27.9 Å². The molecule has 0 radical (unpaired) electrons. The second-order valence-electron chi connectivity index (χ2n) is 26.9. The van der Waals surface area contributed by atoms with Gasteiger partial charge >= 0.3 is 0 Å². The van der Waals surface area contributed by atoms with Gasteiger partial charge in [-0.25, -0.2) is 0 Å². The van der Waals surface area contributed by atoms with E-state index in [0.29, 0.717) is 0 Å². The van der Waals surface area contributed by atoms with Crippen LogP contribution in [-0.4, -0.2) is 15.8 Å². The summed E-state index contributed by atoms with van der Waals surface area (Å²) in [6.45, 7) is 34.9.